The van der Waals surface area contributed by atoms with Crippen LogP contribution in [0.4, 0.5) is 4.39 Å². The molecule has 0 spiro atoms. The lowest BCUT2D eigenvalue weighted by molar-refractivity contribution is 0.579. The molecule has 0 atom stereocenters. The zero-order chi connectivity index (χ0) is 6.69. The van der Waals surface area contributed by atoms with Gasteiger partial charge in [-0.2, -0.15) is 0 Å². The Balaban J connectivity index is 2.72. The van der Waals surface area contributed by atoms with Gasteiger partial charge in [-0.05, 0) is 12.5 Å². The Kier molecular flexibility index (Phi) is 1.72. The predicted octanol–water partition coefficient (Wildman–Crippen LogP) is 1.20. The van der Waals surface area contributed by atoms with Gasteiger partial charge in [-0.25, -0.2) is 4.39 Å². The third kappa shape index (κ3) is 1.22. The highest BCUT2D eigenvalue weighted by Crippen LogP contribution is 2.09. The lowest BCUT2D eigenvalue weighted by Gasteiger charge is -2.12. The maximum absolute atomic E-state index is 12.5. The molecule has 0 aromatic heterocycles. The zero-order valence-electron chi connectivity index (χ0n) is 5.24. The van der Waals surface area contributed by atoms with E-state index in [9.17, 15) is 4.39 Å². The molecule has 2 N–H and O–H groups in total. The summed E-state index contributed by atoms with van der Waals surface area (Å²) in [5.74, 6) is -0.184. The van der Waals surface area contributed by atoms with E-state index in [1.807, 2.05) is 6.92 Å². The average molecular weight is 128 g/mol. The Morgan fingerprint density at radius 2 is 2.44 bits per heavy atom. The van der Waals surface area contributed by atoms with E-state index in [0.29, 0.717) is 12.1 Å². The van der Waals surface area contributed by atoms with Crippen molar-refractivity contribution in [3.8, 4) is 0 Å². The smallest absolute Gasteiger partial charge is 0.145 e. The van der Waals surface area contributed by atoms with Crippen LogP contribution < -0.4 is 10.9 Å². The van der Waals surface area contributed by atoms with Crippen molar-refractivity contribution in [2.75, 3.05) is 0 Å². The largest absolute Gasteiger partial charge is 0.308 e. The van der Waals surface area contributed by atoms with Crippen molar-refractivity contribution < 1.29 is 4.39 Å². The van der Waals surface area contributed by atoms with Crippen LogP contribution in [-0.2, 0) is 0 Å². The summed E-state index contributed by atoms with van der Waals surface area (Å²) in [6.45, 7) is 1.89. The zero-order valence-corrected chi connectivity index (χ0v) is 5.24. The Morgan fingerprint density at radius 3 is 2.89 bits per heavy atom. The minimum atomic E-state index is -0.184. The molecule has 50 valence electrons. The van der Waals surface area contributed by atoms with Crippen LogP contribution in [0.1, 0.15) is 13.3 Å². The van der Waals surface area contributed by atoms with E-state index in [1.54, 1.807) is 0 Å². The fraction of sp³-hybridized carbons (Fsp3) is 0.333. The summed E-state index contributed by atoms with van der Waals surface area (Å²) in [5.41, 5.74) is 5.98. The van der Waals surface area contributed by atoms with Crippen LogP contribution in [-0.4, -0.2) is 0 Å². The molecule has 0 saturated carbocycles. The molecule has 1 heterocycles. The van der Waals surface area contributed by atoms with E-state index in [4.69, 9.17) is 0 Å². The summed E-state index contributed by atoms with van der Waals surface area (Å²) >= 11 is 0. The third-order valence-electron chi connectivity index (χ3n) is 1.18. The highest BCUT2D eigenvalue weighted by Gasteiger charge is 2.02. The minimum absolute atomic E-state index is 0.184. The fourth-order valence-electron chi connectivity index (χ4n) is 0.661. The molecule has 1 rings (SSSR count). The van der Waals surface area contributed by atoms with Crippen molar-refractivity contribution in [3.63, 3.8) is 0 Å². The lowest BCUT2D eigenvalue weighted by Crippen LogP contribution is -2.28. The van der Waals surface area contributed by atoms with E-state index in [0.717, 1.165) is 0 Å². The Bertz CT molecular complexity index is 160. The Morgan fingerprint density at radius 1 is 1.67 bits per heavy atom. The van der Waals surface area contributed by atoms with Crippen molar-refractivity contribution in [2.45, 2.75) is 13.3 Å². The Labute approximate surface area is 53.4 Å². The molecule has 0 unspecified atom stereocenters. The van der Waals surface area contributed by atoms with Gasteiger partial charge >= 0.3 is 0 Å². The van der Waals surface area contributed by atoms with E-state index in [2.05, 4.69) is 10.9 Å². The molecule has 3 heteroatoms. The number of hydrogen-bond acceptors (Lipinski definition) is 2. The first-order valence-corrected chi connectivity index (χ1v) is 2.91. The van der Waals surface area contributed by atoms with Gasteiger partial charge < -0.3 is 10.9 Å². The van der Waals surface area contributed by atoms with Crippen molar-refractivity contribution >= 4 is 0 Å². The van der Waals surface area contributed by atoms with Crippen LogP contribution in [0.3, 0.4) is 0 Å². The van der Waals surface area contributed by atoms with E-state index in [1.165, 1.54) is 12.3 Å². The molecule has 0 aliphatic carbocycles. The number of hydrazine groups is 1. The van der Waals surface area contributed by atoms with Gasteiger partial charge in [0, 0.05) is 6.20 Å². The highest BCUT2D eigenvalue weighted by molar-refractivity contribution is 5.20. The second kappa shape index (κ2) is 2.53. The van der Waals surface area contributed by atoms with Gasteiger partial charge in [0.25, 0.3) is 0 Å². The predicted molar refractivity (Wildman–Crippen MR) is 33.8 cm³/mol. The molecule has 1 aliphatic rings. The third-order valence-corrected chi connectivity index (χ3v) is 1.18. The van der Waals surface area contributed by atoms with Gasteiger partial charge in [-0.1, -0.05) is 6.92 Å². The molecule has 0 aromatic carbocycles. The summed E-state index contributed by atoms with van der Waals surface area (Å²) < 4.78 is 12.5. The average Bonchev–Trinajstić information content (AvgIpc) is 1.89. The van der Waals surface area contributed by atoms with Gasteiger partial charge in [0.1, 0.15) is 5.83 Å². The molecule has 0 saturated heterocycles. The summed E-state index contributed by atoms with van der Waals surface area (Å²) in [6.07, 6.45) is 3.60. The first-order valence-electron chi connectivity index (χ1n) is 2.91. The first kappa shape index (κ1) is 6.13. The van der Waals surface area contributed by atoms with Crippen LogP contribution in [0.2, 0.25) is 0 Å². The standard InChI is InChI=1S/C6H9FN2/c1-2-6-5(7)3-4-8-9-6/h3-4,8-9H,2H2,1H3. The maximum atomic E-state index is 12.5. The topological polar surface area (TPSA) is 24.1 Å². The maximum Gasteiger partial charge on any atom is 0.145 e. The molecule has 0 radical (unpaired) electrons. The van der Waals surface area contributed by atoms with E-state index in [-0.39, 0.29) is 5.83 Å². The molecule has 0 amide bonds. The number of nitrogens with one attached hydrogen (secondary N) is 2. The fourth-order valence-corrected chi connectivity index (χ4v) is 0.661. The second-order valence-corrected chi connectivity index (χ2v) is 1.78. The number of rotatable bonds is 1. The van der Waals surface area contributed by atoms with Gasteiger partial charge in [-0.3, -0.25) is 0 Å². The monoisotopic (exact) mass is 128 g/mol. The Hall–Kier alpha value is -0.990. The molecule has 0 aromatic rings. The van der Waals surface area contributed by atoms with Crippen LogP contribution in [0.25, 0.3) is 0 Å². The van der Waals surface area contributed by atoms with Gasteiger partial charge in [0.05, 0.1) is 5.70 Å². The van der Waals surface area contributed by atoms with E-state index < -0.39 is 0 Å². The van der Waals surface area contributed by atoms with Crippen molar-refractivity contribution in [1.29, 1.82) is 0 Å². The summed E-state index contributed by atoms with van der Waals surface area (Å²) in [7, 11) is 0. The number of allylic oxidation sites excluding steroid dienone is 3. The van der Waals surface area contributed by atoms with Crippen molar-refractivity contribution in [3.05, 3.63) is 23.8 Å². The van der Waals surface area contributed by atoms with E-state index >= 15 is 0 Å². The summed E-state index contributed by atoms with van der Waals surface area (Å²) in [4.78, 5) is 0. The molecule has 0 bridgehead atoms. The summed E-state index contributed by atoms with van der Waals surface area (Å²) in [5, 5.41) is 0. The summed E-state index contributed by atoms with van der Waals surface area (Å²) in [6, 6.07) is 0. The van der Waals surface area contributed by atoms with Crippen molar-refractivity contribution in [2.24, 2.45) is 0 Å². The second-order valence-electron chi connectivity index (χ2n) is 1.78. The van der Waals surface area contributed by atoms with Crippen molar-refractivity contribution in [1.82, 2.24) is 10.9 Å². The van der Waals surface area contributed by atoms with Gasteiger partial charge in [0.15, 0.2) is 0 Å². The molecular formula is C6H9FN2. The lowest BCUT2D eigenvalue weighted by atomic mass is 10.3. The number of halogens is 1. The van der Waals surface area contributed by atoms with Crippen LogP contribution in [0, 0.1) is 0 Å². The van der Waals surface area contributed by atoms with Gasteiger partial charge in [-0.15, -0.1) is 0 Å². The number of hydrogen-bond donors (Lipinski definition) is 2. The molecule has 2 nitrogen and oxygen atoms in total. The van der Waals surface area contributed by atoms with Crippen LogP contribution in [0.15, 0.2) is 23.8 Å². The van der Waals surface area contributed by atoms with Crippen LogP contribution in [0.5, 0.6) is 0 Å². The minimum Gasteiger partial charge on any atom is -0.308 e. The first-order chi connectivity index (χ1) is 4.34. The molecule has 9 heavy (non-hydrogen) atoms. The molecule has 0 fully saturated rings. The molecular weight excluding hydrogens is 119 g/mol. The quantitative estimate of drug-likeness (QED) is 0.554. The normalized spacial score (nSPS) is 17.1. The highest BCUT2D eigenvalue weighted by atomic mass is 19.1. The van der Waals surface area contributed by atoms with Crippen LogP contribution >= 0.6 is 0 Å². The molecule has 1 aliphatic heterocycles. The van der Waals surface area contributed by atoms with Gasteiger partial charge in [0.2, 0.25) is 0 Å². The SMILES string of the molecule is CCC1=C(F)C=CNN1.